The van der Waals surface area contributed by atoms with E-state index in [9.17, 15) is 10.1 Å². The maximum absolute atomic E-state index is 11.0. The molecule has 0 fully saturated rings. The lowest BCUT2D eigenvalue weighted by Gasteiger charge is -2.14. The fourth-order valence-corrected chi connectivity index (χ4v) is 1.82. The summed E-state index contributed by atoms with van der Waals surface area (Å²) in [7, 11) is 0. The number of nitro groups is 1. The van der Waals surface area contributed by atoms with Crippen LogP contribution in [0.15, 0.2) is 24.5 Å². The minimum absolute atomic E-state index is 0.0177. The number of nitro benzene ring substituents is 1. The van der Waals surface area contributed by atoms with Crippen LogP contribution in [0.3, 0.4) is 0 Å². The molecule has 8 heteroatoms. The second kappa shape index (κ2) is 6.69. The Kier molecular flexibility index (Phi) is 4.70. The average molecular weight is 291 g/mol. The number of nitrogens with zero attached hydrogens (tertiary/aromatic N) is 3. The lowest BCUT2D eigenvalue weighted by Crippen LogP contribution is -2.09. The Morgan fingerprint density at radius 1 is 1.48 bits per heavy atom. The lowest BCUT2D eigenvalue weighted by molar-refractivity contribution is -0.384. The molecule has 0 amide bonds. The Hall–Kier alpha value is -2.64. The minimum atomic E-state index is -0.441. The maximum atomic E-state index is 11.0. The zero-order chi connectivity index (χ0) is 15.2. The number of hydrogen-bond donors (Lipinski definition) is 2. The first-order valence-electron chi connectivity index (χ1n) is 6.64. The Labute approximate surface area is 121 Å². The topological polar surface area (TPSA) is 106 Å². The van der Waals surface area contributed by atoms with E-state index in [1.807, 2.05) is 13.8 Å². The SMILES string of the molecule is CCCOc1cc(NC(C)c2ncn[nH]2)cc([N+](=O)[O-])c1. The summed E-state index contributed by atoms with van der Waals surface area (Å²) in [5.41, 5.74) is 0.579. The normalized spacial score (nSPS) is 11.9. The van der Waals surface area contributed by atoms with Gasteiger partial charge in [0.15, 0.2) is 0 Å². The monoisotopic (exact) mass is 291 g/mol. The van der Waals surface area contributed by atoms with E-state index < -0.39 is 4.92 Å². The second-order valence-corrected chi connectivity index (χ2v) is 4.56. The molecule has 1 unspecified atom stereocenters. The van der Waals surface area contributed by atoms with E-state index in [0.29, 0.717) is 23.9 Å². The highest BCUT2D eigenvalue weighted by molar-refractivity contribution is 5.57. The van der Waals surface area contributed by atoms with Crippen molar-refractivity contribution >= 4 is 11.4 Å². The number of anilines is 1. The van der Waals surface area contributed by atoms with Gasteiger partial charge in [-0.3, -0.25) is 15.2 Å². The van der Waals surface area contributed by atoms with Crippen molar-refractivity contribution < 1.29 is 9.66 Å². The summed E-state index contributed by atoms with van der Waals surface area (Å²) in [6.07, 6.45) is 2.25. The molecule has 2 aromatic rings. The van der Waals surface area contributed by atoms with Crippen molar-refractivity contribution in [3.8, 4) is 5.75 Å². The minimum Gasteiger partial charge on any atom is -0.493 e. The van der Waals surface area contributed by atoms with Crippen LogP contribution in [-0.4, -0.2) is 26.7 Å². The van der Waals surface area contributed by atoms with Crippen LogP contribution in [0.2, 0.25) is 0 Å². The maximum Gasteiger partial charge on any atom is 0.275 e. The summed E-state index contributed by atoms with van der Waals surface area (Å²) in [5.74, 6) is 1.12. The number of H-pyrrole nitrogens is 1. The number of rotatable bonds is 7. The molecule has 1 aromatic carbocycles. The Bertz CT molecular complexity index is 600. The van der Waals surface area contributed by atoms with Crippen LogP contribution in [-0.2, 0) is 0 Å². The molecule has 0 aliphatic rings. The number of non-ortho nitro benzene ring substituents is 1. The van der Waals surface area contributed by atoms with Crippen molar-refractivity contribution in [1.29, 1.82) is 0 Å². The van der Waals surface area contributed by atoms with Crippen LogP contribution >= 0.6 is 0 Å². The van der Waals surface area contributed by atoms with Crippen molar-refractivity contribution in [2.75, 3.05) is 11.9 Å². The first-order chi connectivity index (χ1) is 10.1. The van der Waals surface area contributed by atoms with Gasteiger partial charge in [-0.25, -0.2) is 4.98 Å². The van der Waals surface area contributed by atoms with Crippen LogP contribution < -0.4 is 10.1 Å². The zero-order valence-electron chi connectivity index (χ0n) is 11.9. The van der Waals surface area contributed by atoms with Gasteiger partial charge in [0, 0.05) is 17.8 Å². The highest BCUT2D eigenvalue weighted by atomic mass is 16.6. The van der Waals surface area contributed by atoms with E-state index >= 15 is 0 Å². The predicted octanol–water partition coefficient (Wildman–Crippen LogP) is 2.67. The van der Waals surface area contributed by atoms with Gasteiger partial charge in [-0.1, -0.05) is 6.92 Å². The summed E-state index contributed by atoms with van der Waals surface area (Å²) in [6, 6.07) is 4.45. The van der Waals surface area contributed by atoms with Crippen LogP contribution in [0.5, 0.6) is 5.75 Å². The van der Waals surface area contributed by atoms with Crippen molar-refractivity contribution in [1.82, 2.24) is 15.2 Å². The fraction of sp³-hybridized carbons (Fsp3) is 0.385. The second-order valence-electron chi connectivity index (χ2n) is 4.56. The molecule has 0 aliphatic heterocycles. The molecule has 0 saturated heterocycles. The van der Waals surface area contributed by atoms with Gasteiger partial charge in [0.25, 0.3) is 5.69 Å². The number of hydrogen-bond acceptors (Lipinski definition) is 6. The highest BCUT2D eigenvalue weighted by Gasteiger charge is 2.14. The Morgan fingerprint density at radius 3 is 2.90 bits per heavy atom. The van der Waals surface area contributed by atoms with Crippen molar-refractivity contribution in [2.24, 2.45) is 0 Å². The molecule has 0 saturated carbocycles. The first-order valence-corrected chi connectivity index (χ1v) is 6.64. The molecule has 2 N–H and O–H groups in total. The summed E-state index contributed by atoms with van der Waals surface area (Å²) in [4.78, 5) is 14.6. The number of ether oxygens (including phenoxy) is 1. The molecule has 8 nitrogen and oxygen atoms in total. The number of aromatic nitrogens is 3. The fourth-order valence-electron chi connectivity index (χ4n) is 1.82. The van der Waals surface area contributed by atoms with Crippen LogP contribution in [0.25, 0.3) is 0 Å². The number of nitrogens with one attached hydrogen (secondary N) is 2. The largest absolute Gasteiger partial charge is 0.493 e. The average Bonchev–Trinajstić information content (AvgIpc) is 2.99. The van der Waals surface area contributed by atoms with E-state index in [1.165, 1.54) is 18.5 Å². The molecule has 0 spiro atoms. The van der Waals surface area contributed by atoms with Gasteiger partial charge in [-0.2, -0.15) is 5.10 Å². The van der Waals surface area contributed by atoms with Crippen LogP contribution in [0, 0.1) is 10.1 Å². The van der Waals surface area contributed by atoms with E-state index in [-0.39, 0.29) is 11.7 Å². The quantitative estimate of drug-likeness (QED) is 0.600. The molecular weight excluding hydrogens is 274 g/mol. The van der Waals surface area contributed by atoms with Crippen molar-refractivity contribution in [3.05, 3.63) is 40.5 Å². The highest BCUT2D eigenvalue weighted by Crippen LogP contribution is 2.28. The Balaban J connectivity index is 2.20. The van der Waals surface area contributed by atoms with Gasteiger partial charge in [0.1, 0.15) is 17.9 Å². The summed E-state index contributed by atoms with van der Waals surface area (Å²) >= 11 is 0. The van der Waals surface area contributed by atoms with Crippen molar-refractivity contribution in [3.63, 3.8) is 0 Å². The van der Waals surface area contributed by atoms with Gasteiger partial charge < -0.3 is 10.1 Å². The van der Waals surface area contributed by atoms with Crippen molar-refractivity contribution in [2.45, 2.75) is 26.3 Å². The third kappa shape index (κ3) is 3.91. The van der Waals surface area contributed by atoms with Gasteiger partial charge in [-0.05, 0) is 13.3 Å². The number of benzene rings is 1. The smallest absolute Gasteiger partial charge is 0.275 e. The summed E-state index contributed by atoms with van der Waals surface area (Å²) < 4.78 is 5.48. The molecule has 1 heterocycles. The zero-order valence-corrected chi connectivity index (χ0v) is 11.9. The summed E-state index contributed by atoms with van der Waals surface area (Å²) in [5, 5.41) is 20.7. The first kappa shape index (κ1) is 14.8. The van der Waals surface area contributed by atoms with Gasteiger partial charge >= 0.3 is 0 Å². The molecule has 0 radical (unpaired) electrons. The molecule has 1 atom stereocenters. The van der Waals surface area contributed by atoms with E-state index in [1.54, 1.807) is 6.07 Å². The molecular formula is C13H17N5O3. The lowest BCUT2D eigenvalue weighted by atomic mass is 10.2. The molecule has 21 heavy (non-hydrogen) atoms. The molecule has 0 bridgehead atoms. The number of aromatic amines is 1. The van der Waals surface area contributed by atoms with Gasteiger partial charge in [0.2, 0.25) is 0 Å². The molecule has 0 aliphatic carbocycles. The standard InChI is InChI=1S/C13H17N5O3/c1-3-4-21-12-6-10(5-11(7-12)18(19)20)16-9(2)13-14-8-15-17-13/h5-9,16H,3-4H2,1-2H3,(H,14,15,17). The third-order valence-electron chi connectivity index (χ3n) is 2.80. The Morgan fingerprint density at radius 2 is 2.29 bits per heavy atom. The molecule has 112 valence electrons. The van der Waals surface area contributed by atoms with Crippen LogP contribution in [0.4, 0.5) is 11.4 Å². The van der Waals surface area contributed by atoms with Gasteiger partial charge in [-0.15, -0.1) is 0 Å². The molecule has 1 aromatic heterocycles. The van der Waals surface area contributed by atoms with E-state index in [4.69, 9.17) is 4.74 Å². The van der Waals surface area contributed by atoms with E-state index in [0.717, 1.165) is 6.42 Å². The summed E-state index contributed by atoms with van der Waals surface area (Å²) in [6.45, 7) is 4.37. The molecule has 2 rings (SSSR count). The van der Waals surface area contributed by atoms with E-state index in [2.05, 4.69) is 20.5 Å². The van der Waals surface area contributed by atoms with Crippen LogP contribution in [0.1, 0.15) is 32.1 Å². The predicted molar refractivity (Wildman–Crippen MR) is 77.3 cm³/mol. The third-order valence-corrected chi connectivity index (χ3v) is 2.80. The van der Waals surface area contributed by atoms with Gasteiger partial charge in [0.05, 0.1) is 23.6 Å².